The summed E-state index contributed by atoms with van der Waals surface area (Å²) in [6.45, 7) is 1.90. The zero-order valence-electron chi connectivity index (χ0n) is 9.85. The lowest BCUT2D eigenvalue weighted by Crippen LogP contribution is -2.01. The second-order valence-corrected chi connectivity index (χ2v) is 5.50. The summed E-state index contributed by atoms with van der Waals surface area (Å²) in [5.74, 6) is -0.473. The van der Waals surface area contributed by atoms with E-state index in [0.717, 1.165) is 5.56 Å². The number of benzene rings is 1. The van der Waals surface area contributed by atoms with Crippen LogP contribution in [0.2, 0.25) is 0 Å². The first-order valence-corrected chi connectivity index (χ1v) is 6.89. The lowest BCUT2D eigenvalue weighted by molar-refractivity contribution is 0.0694. The summed E-state index contributed by atoms with van der Waals surface area (Å²) in [4.78, 5) is 15.3. The molecule has 0 aliphatic heterocycles. The Morgan fingerprint density at radius 2 is 2.05 bits per heavy atom. The van der Waals surface area contributed by atoms with Crippen LogP contribution in [0.4, 0.5) is 0 Å². The van der Waals surface area contributed by atoms with Gasteiger partial charge in [0.25, 0.3) is 0 Å². The van der Waals surface area contributed by atoms with Gasteiger partial charge in [0.05, 0.1) is 4.47 Å². The molecule has 1 aromatic heterocycles. The van der Waals surface area contributed by atoms with Crippen LogP contribution in [-0.4, -0.2) is 16.1 Å². The van der Waals surface area contributed by atoms with Crippen molar-refractivity contribution in [3.63, 3.8) is 0 Å². The Bertz CT molecular complexity index is 644. The van der Waals surface area contributed by atoms with Gasteiger partial charge in [-0.1, -0.05) is 15.9 Å². The predicted octanol–water partition coefficient (Wildman–Crippen LogP) is 4.41. The molecule has 2 aromatic rings. The van der Waals surface area contributed by atoms with Gasteiger partial charge in [-0.25, -0.2) is 9.78 Å². The largest absolute Gasteiger partial charge is 0.478 e. The van der Waals surface area contributed by atoms with E-state index in [1.165, 1.54) is 6.07 Å². The zero-order valence-corrected chi connectivity index (χ0v) is 13.0. The summed E-state index contributed by atoms with van der Waals surface area (Å²) in [6.07, 6.45) is 1.61. The Morgan fingerprint density at radius 1 is 1.32 bits per heavy atom. The van der Waals surface area contributed by atoms with Crippen molar-refractivity contribution >= 4 is 37.8 Å². The third-order valence-electron chi connectivity index (χ3n) is 2.43. The standard InChI is InChI=1S/C13H9Br2NO3/c1-7-4-5-16-12(11(7)15)19-10-3-2-8(14)6-9(10)13(17)18/h2-6H,1H3,(H,17,18). The van der Waals surface area contributed by atoms with Crippen LogP contribution >= 0.6 is 31.9 Å². The number of ether oxygens (including phenoxy) is 1. The number of hydrogen-bond donors (Lipinski definition) is 1. The molecule has 0 saturated carbocycles. The summed E-state index contributed by atoms with van der Waals surface area (Å²) >= 11 is 6.60. The Balaban J connectivity index is 2.44. The molecule has 0 unspecified atom stereocenters. The Hall–Kier alpha value is -1.40. The van der Waals surface area contributed by atoms with Gasteiger partial charge in [0.2, 0.25) is 5.88 Å². The van der Waals surface area contributed by atoms with Crippen LogP contribution in [0.1, 0.15) is 15.9 Å². The van der Waals surface area contributed by atoms with Crippen molar-refractivity contribution in [1.29, 1.82) is 0 Å². The van der Waals surface area contributed by atoms with Crippen LogP contribution in [0.15, 0.2) is 39.4 Å². The molecule has 2 rings (SSSR count). The molecule has 0 spiro atoms. The monoisotopic (exact) mass is 385 g/mol. The number of halogens is 2. The Labute approximate surface area is 126 Å². The second-order valence-electron chi connectivity index (χ2n) is 3.79. The number of aryl methyl sites for hydroxylation is 1. The highest BCUT2D eigenvalue weighted by Gasteiger charge is 2.15. The van der Waals surface area contributed by atoms with E-state index in [1.807, 2.05) is 13.0 Å². The van der Waals surface area contributed by atoms with Crippen molar-refractivity contribution < 1.29 is 14.6 Å². The summed E-state index contributed by atoms with van der Waals surface area (Å²) < 4.78 is 6.96. The molecule has 0 aliphatic rings. The van der Waals surface area contributed by atoms with Crippen LogP contribution in [-0.2, 0) is 0 Å². The third kappa shape index (κ3) is 3.13. The summed E-state index contributed by atoms with van der Waals surface area (Å²) in [7, 11) is 0. The number of aromatic carboxylic acids is 1. The van der Waals surface area contributed by atoms with Crippen molar-refractivity contribution in [2.24, 2.45) is 0 Å². The van der Waals surface area contributed by atoms with Crippen molar-refractivity contribution in [3.8, 4) is 11.6 Å². The van der Waals surface area contributed by atoms with E-state index >= 15 is 0 Å². The van der Waals surface area contributed by atoms with Gasteiger partial charge < -0.3 is 9.84 Å². The number of hydrogen-bond acceptors (Lipinski definition) is 3. The SMILES string of the molecule is Cc1ccnc(Oc2ccc(Br)cc2C(=O)O)c1Br. The number of carbonyl (C=O) groups is 1. The van der Waals surface area contributed by atoms with Crippen LogP contribution < -0.4 is 4.74 Å². The summed E-state index contributed by atoms with van der Waals surface area (Å²) in [6, 6.07) is 6.62. The van der Waals surface area contributed by atoms with E-state index < -0.39 is 5.97 Å². The Morgan fingerprint density at radius 3 is 2.74 bits per heavy atom. The van der Waals surface area contributed by atoms with Crippen molar-refractivity contribution in [3.05, 3.63) is 50.5 Å². The molecule has 19 heavy (non-hydrogen) atoms. The number of carboxylic acids is 1. The average molecular weight is 387 g/mol. The van der Waals surface area contributed by atoms with Gasteiger partial charge in [0, 0.05) is 10.7 Å². The highest BCUT2D eigenvalue weighted by molar-refractivity contribution is 9.10. The number of nitrogens with zero attached hydrogens (tertiary/aromatic N) is 1. The lowest BCUT2D eigenvalue weighted by atomic mass is 10.2. The molecule has 98 valence electrons. The highest BCUT2D eigenvalue weighted by atomic mass is 79.9. The molecule has 1 heterocycles. The van der Waals surface area contributed by atoms with Gasteiger partial charge in [0.1, 0.15) is 11.3 Å². The molecule has 0 fully saturated rings. The molecule has 0 amide bonds. The van der Waals surface area contributed by atoms with E-state index in [-0.39, 0.29) is 11.3 Å². The smallest absolute Gasteiger partial charge is 0.339 e. The van der Waals surface area contributed by atoms with Gasteiger partial charge in [-0.3, -0.25) is 0 Å². The molecule has 0 aliphatic carbocycles. The van der Waals surface area contributed by atoms with Crippen molar-refractivity contribution in [1.82, 2.24) is 4.98 Å². The minimum Gasteiger partial charge on any atom is -0.478 e. The molecular formula is C13H9Br2NO3. The van der Waals surface area contributed by atoms with Gasteiger partial charge in [0.15, 0.2) is 0 Å². The maximum absolute atomic E-state index is 11.2. The number of aromatic nitrogens is 1. The zero-order chi connectivity index (χ0) is 14.0. The average Bonchev–Trinajstić information content (AvgIpc) is 2.36. The van der Waals surface area contributed by atoms with Gasteiger partial charge in [-0.05, 0) is 52.7 Å². The number of pyridine rings is 1. The van der Waals surface area contributed by atoms with Crippen LogP contribution in [0.25, 0.3) is 0 Å². The maximum atomic E-state index is 11.2. The first kappa shape index (κ1) is 14.0. The van der Waals surface area contributed by atoms with E-state index in [4.69, 9.17) is 9.84 Å². The number of carboxylic acid groups (broad SMARTS) is 1. The van der Waals surface area contributed by atoms with Gasteiger partial charge in [-0.15, -0.1) is 0 Å². The molecule has 1 aromatic carbocycles. The fraction of sp³-hybridized carbons (Fsp3) is 0.0769. The lowest BCUT2D eigenvalue weighted by Gasteiger charge is -2.10. The third-order valence-corrected chi connectivity index (χ3v) is 3.89. The van der Waals surface area contributed by atoms with Crippen LogP contribution in [0, 0.1) is 6.92 Å². The first-order chi connectivity index (χ1) is 8.99. The molecule has 0 saturated heterocycles. The fourth-order valence-electron chi connectivity index (χ4n) is 1.45. The molecule has 0 radical (unpaired) electrons. The predicted molar refractivity (Wildman–Crippen MR) is 77.8 cm³/mol. The molecule has 0 bridgehead atoms. The van der Waals surface area contributed by atoms with Crippen molar-refractivity contribution in [2.75, 3.05) is 0 Å². The first-order valence-electron chi connectivity index (χ1n) is 5.31. The van der Waals surface area contributed by atoms with E-state index in [1.54, 1.807) is 18.3 Å². The summed E-state index contributed by atoms with van der Waals surface area (Å²) in [5.41, 5.74) is 1.03. The molecule has 4 nitrogen and oxygen atoms in total. The molecular weight excluding hydrogens is 378 g/mol. The highest BCUT2D eigenvalue weighted by Crippen LogP contribution is 2.32. The topological polar surface area (TPSA) is 59.4 Å². The minimum absolute atomic E-state index is 0.0737. The van der Waals surface area contributed by atoms with E-state index in [2.05, 4.69) is 36.8 Å². The summed E-state index contributed by atoms with van der Waals surface area (Å²) in [5, 5.41) is 9.16. The second kappa shape index (κ2) is 5.71. The van der Waals surface area contributed by atoms with Crippen LogP contribution in [0.5, 0.6) is 11.6 Å². The molecule has 0 atom stereocenters. The van der Waals surface area contributed by atoms with E-state index in [9.17, 15) is 4.79 Å². The number of rotatable bonds is 3. The fourth-order valence-corrected chi connectivity index (χ4v) is 2.13. The van der Waals surface area contributed by atoms with Gasteiger partial charge >= 0.3 is 5.97 Å². The van der Waals surface area contributed by atoms with Crippen LogP contribution in [0.3, 0.4) is 0 Å². The minimum atomic E-state index is -1.06. The quantitative estimate of drug-likeness (QED) is 0.848. The molecule has 1 N–H and O–H groups in total. The van der Waals surface area contributed by atoms with Crippen molar-refractivity contribution in [2.45, 2.75) is 6.92 Å². The maximum Gasteiger partial charge on any atom is 0.339 e. The molecule has 6 heteroatoms. The van der Waals surface area contributed by atoms with E-state index in [0.29, 0.717) is 14.8 Å². The Kier molecular flexibility index (Phi) is 4.21. The van der Waals surface area contributed by atoms with Gasteiger partial charge in [-0.2, -0.15) is 0 Å². The normalized spacial score (nSPS) is 10.3.